The van der Waals surface area contributed by atoms with Gasteiger partial charge in [0.25, 0.3) is 0 Å². The summed E-state index contributed by atoms with van der Waals surface area (Å²) in [6.45, 7) is -0.417. The van der Waals surface area contributed by atoms with E-state index in [-0.39, 0.29) is 13.2 Å². The van der Waals surface area contributed by atoms with Crippen LogP contribution >= 0.6 is 0 Å². The van der Waals surface area contributed by atoms with E-state index < -0.39 is 5.97 Å². The average Bonchev–Trinajstić information content (AvgIpc) is 2.36. The summed E-state index contributed by atoms with van der Waals surface area (Å²) in [6.07, 6.45) is 2.01. The average molecular weight is 236 g/mol. The SMILES string of the molecule is O=CNCC(=O)O.OCC#Cc1ccccn1. The van der Waals surface area contributed by atoms with Crippen LogP contribution in [0.5, 0.6) is 0 Å². The van der Waals surface area contributed by atoms with Gasteiger partial charge in [0.1, 0.15) is 18.8 Å². The van der Waals surface area contributed by atoms with Crippen LogP contribution in [0.25, 0.3) is 0 Å². The molecule has 6 nitrogen and oxygen atoms in total. The fourth-order valence-corrected chi connectivity index (χ4v) is 0.696. The molecule has 1 heterocycles. The molecule has 1 amide bonds. The molecule has 0 saturated heterocycles. The smallest absolute Gasteiger partial charge is 0.322 e. The monoisotopic (exact) mass is 236 g/mol. The van der Waals surface area contributed by atoms with Crippen LogP contribution in [-0.4, -0.2) is 40.7 Å². The molecule has 3 N–H and O–H groups in total. The maximum Gasteiger partial charge on any atom is 0.322 e. The molecular formula is C11H12N2O4. The van der Waals surface area contributed by atoms with E-state index in [9.17, 15) is 9.59 Å². The van der Waals surface area contributed by atoms with Crippen molar-refractivity contribution in [3.8, 4) is 11.8 Å². The van der Waals surface area contributed by atoms with Gasteiger partial charge in [-0.05, 0) is 18.1 Å². The number of amides is 1. The molecule has 0 saturated carbocycles. The zero-order valence-corrected chi connectivity index (χ0v) is 8.96. The minimum absolute atomic E-state index is 0.115. The Morgan fingerprint density at radius 2 is 2.29 bits per heavy atom. The summed E-state index contributed by atoms with van der Waals surface area (Å²) < 4.78 is 0. The molecule has 6 heteroatoms. The molecule has 17 heavy (non-hydrogen) atoms. The number of hydrogen-bond acceptors (Lipinski definition) is 4. The van der Waals surface area contributed by atoms with Crippen LogP contribution in [0, 0.1) is 11.8 Å². The second kappa shape index (κ2) is 10.1. The minimum Gasteiger partial charge on any atom is -0.480 e. The van der Waals surface area contributed by atoms with Crippen molar-refractivity contribution in [2.75, 3.05) is 13.2 Å². The standard InChI is InChI=1S/C8H7NO.C3H5NO3/c10-7-3-5-8-4-1-2-6-9-8;5-2-4-1-3(6)7/h1-2,4,6,10H,7H2;2H,1H2,(H,4,5)(H,6,7). The second-order valence-corrected chi connectivity index (χ2v) is 2.57. The van der Waals surface area contributed by atoms with Gasteiger partial charge >= 0.3 is 5.97 Å². The third-order valence-corrected chi connectivity index (χ3v) is 1.30. The van der Waals surface area contributed by atoms with E-state index in [1.54, 1.807) is 12.3 Å². The number of aliphatic carboxylic acids is 1. The van der Waals surface area contributed by atoms with Crippen molar-refractivity contribution < 1.29 is 19.8 Å². The Labute approximate surface area is 98.3 Å². The Kier molecular flexibility index (Phi) is 8.71. The number of aliphatic hydroxyl groups is 1. The van der Waals surface area contributed by atoms with Crippen molar-refractivity contribution in [2.24, 2.45) is 0 Å². The highest BCUT2D eigenvalue weighted by Crippen LogP contribution is 1.88. The van der Waals surface area contributed by atoms with Gasteiger partial charge in [0, 0.05) is 6.20 Å². The van der Waals surface area contributed by atoms with Gasteiger partial charge in [0.2, 0.25) is 6.41 Å². The van der Waals surface area contributed by atoms with Gasteiger partial charge in [-0.25, -0.2) is 4.98 Å². The lowest BCUT2D eigenvalue weighted by atomic mass is 10.3. The van der Waals surface area contributed by atoms with Gasteiger partial charge in [-0.1, -0.05) is 12.0 Å². The van der Waals surface area contributed by atoms with Gasteiger partial charge in [0.05, 0.1) is 0 Å². The van der Waals surface area contributed by atoms with Crippen LogP contribution in [0.4, 0.5) is 0 Å². The van der Waals surface area contributed by atoms with Crippen molar-refractivity contribution >= 4 is 12.4 Å². The normalized spacial score (nSPS) is 7.82. The lowest BCUT2D eigenvalue weighted by molar-refractivity contribution is -0.136. The molecule has 0 unspecified atom stereocenters. The zero-order chi connectivity index (χ0) is 12.9. The van der Waals surface area contributed by atoms with Crippen LogP contribution < -0.4 is 5.32 Å². The Morgan fingerprint density at radius 1 is 1.53 bits per heavy atom. The van der Waals surface area contributed by atoms with E-state index in [1.165, 1.54) is 0 Å². The second-order valence-electron chi connectivity index (χ2n) is 2.57. The van der Waals surface area contributed by atoms with Crippen LogP contribution in [0.1, 0.15) is 5.69 Å². The van der Waals surface area contributed by atoms with Crippen LogP contribution in [-0.2, 0) is 9.59 Å². The molecule has 0 aromatic carbocycles. The van der Waals surface area contributed by atoms with E-state index in [1.807, 2.05) is 17.4 Å². The number of carboxylic acid groups (broad SMARTS) is 1. The van der Waals surface area contributed by atoms with Crippen LogP contribution in [0.2, 0.25) is 0 Å². The quantitative estimate of drug-likeness (QED) is 0.473. The number of pyridine rings is 1. The predicted molar refractivity (Wildman–Crippen MR) is 59.9 cm³/mol. The maximum absolute atomic E-state index is 9.54. The van der Waals surface area contributed by atoms with Crippen molar-refractivity contribution in [2.45, 2.75) is 0 Å². The van der Waals surface area contributed by atoms with E-state index in [0.717, 1.165) is 0 Å². The molecule has 90 valence electrons. The molecular weight excluding hydrogens is 224 g/mol. The highest BCUT2D eigenvalue weighted by atomic mass is 16.4. The molecule has 0 aliphatic carbocycles. The number of aromatic nitrogens is 1. The summed E-state index contributed by atoms with van der Waals surface area (Å²) in [6, 6.07) is 5.47. The first-order valence-corrected chi connectivity index (χ1v) is 4.60. The summed E-state index contributed by atoms with van der Waals surface area (Å²) in [4.78, 5) is 22.8. The molecule has 0 aliphatic rings. The number of carbonyl (C=O) groups excluding carboxylic acids is 1. The fourth-order valence-electron chi connectivity index (χ4n) is 0.696. The number of carboxylic acids is 1. The van der Waals surface area contributed by atoms with Gasteiger partial charge in [0.15, 0.2) is 0 Å². The summed E-state index contributed by atoms with van der Waals surface area (Å²) in [5.74, 6) is 4.16. The van der Waals surface area contributed by atoms with Gasteiger partial charge in [-0.15, -0.1) is 0 Å². The number of carbonyl (C=O) groups is 2. The van der Waals surface area contributed by atoms with Gasteiger partial charge in [-0.2, -0.15) is 0 Å². The van der Waals surface area contributed by atoms with Gasteiger partial charge < -0.3 is 15.5 Å². The van der Waals surface area contributed by atoms with E-state index in [2.05, 4.69) is 16.8 Å². The number of hydrogen-bond donors (Lipinski definition) is 3. The number of aliphatic hydroxyl groups excluding tert-OH is 1. The van der Waals surface area contributed by atoms with Crippen molar-refractivity contribution in [3.05, 3.63) is 30.1 Å². The first kappa shape index (κ1) is 14.6. The van der Waals surface area contributed by atoms with Crippen LogP contribution in [0.3, 0.4) is 0 Å². The first-order valence-electron chi connectivity index (χ1n) is 4.60. The van der Waals surface area contributed by atoms with Crippen molar-refractivity contribution in [3.63, 3.8) is 0 Å². The highest BCUT2D eigenvalue weighted by Gasteiger charge is 1.88. The number of nitrogens with zero attached hydrogens (tertiary/aromatic N) is 1. The highest BCUT2D eigenvalue weighted by molar-refractivity contribution is 5.71. The maximum atomic E-state index is 9.54. The third kappa shape index (κ3) is 9.90. The summed E-state index contributed by atoms with van der Waals surface area (Å²) in [7, 11) is 0. The lowest BCUT2D eigenvalue weighted by Gasteiger charge is -1.85. The molecule has 0 bridgehead atoms. The Hall–Kier alpha value is -2.39. The predicted octanol–water partition coefficient (Wildman–Crippen LogP) is -0.758. The van der Waals surface area contributed by atoms with Crippen LogP contribution in [0.15, 0.2) is 24.4 Å². The van der Waals surface area contributed by atoms with Crippen molar-refractivity contribution in [1.29, 1.82) is 0 Å². The van der Waals surface area contributed by atoms with E-state index >= 15 is 0 Å². The molecule has 1 aromatic rings. The summed E-state index contributed by atoms with van der Waals surface area (Å²) in [5.41, 5.74) is 0.691. The van der Waals surface area contributed by atoms with Gasteiger partial charge in [-0.3, -0.25) is 9.59 Å². The molecule has 0 aliphatic heterocycles. The molecule has 0 fully saturated rings. The molecule has 0 radical (unpaired) electrons. The molecule has 0 spiro atoms. The van der Waals surface area contributed by atoms with E-state index in [0.29, 0.717) is 12.1 Å². The first-order chi connectivity index (χ1) is 8.20. The summed E-state index contributed by atoms with van der Waals surface area (Å²) >= 11 is 0. The van der Waals surface area contributed by atoms with E-state index in [4.69, 9.17) is 10.2 Å². The third-order valence-electron chi connectivity index (χ3n) is 1.30. The van der Waals surface area contributed by atoms with Crippen molar-refractivity contribution in [1.82, 2.24) is 10.3 Å². The zero-order valence-electron chi connectivity index (χ0n) is 8.96. The Balaban J connectivity index is 0.000000325. The molecule has 0 atom stereocenters. The molecule has 1 aromatic heterocycles. The summed E-state index contributed by atoms with van der Waals surface area (Å²) in [5, 5.41) is 18.1. The Morgan fingerprint density at radius 3 is 2.71 bits per heavy atom. The number of rotatable bonds is 3. The minimum atomic E-state index is -1.04. The molecule has 1 rings (SSSR count). The lowest BCUT2D eigenvalue weighted by Crippen LogP contribution is -2.20. The largest absolute Gasteiger partial charge is 0.480 e. The fraction of sp³-hybridized carbons (Fsp3) is 0.182. The number of nitrogens with one attached hydrogen (secondary N) is 1. The Bertz CT molecular complexity index is 395. The topological polar surface area (TPSA) is 99.5 Å².